The number of thiazole rings is 1. The number of ether oxygens (including phenoxy) is 1. The highest BCUT2D eigenvalue weighted by Gasteiger charge is 2.13. The molecule has 2 heterocycles. The van der Waals surface area contributed by atoms with Crippen molar-refractivity contribution in [3.63, 3.8) is 0 Å². The van der Waals surface area contributed by atoms with Crippen molar-refractivity contribution in [3.05, 3.63) is 46.2 Å². The van der Waals surface area contributed by atoms with E-state index in [0.717, 1.165) is 10.6 Å². The maximum Gasteiger partial charge on any atom is 0.312 e. The van der Waals surface area contributed by atoms with Crippen LogP contribution < -0.4 is 10.6 Å². The summed E-state index contributed by atoms with van der Waals surface area (Å²) >= 11 is 7.44. The van der Waals surface area contributed by atoms with E-state index in [-0.39, 0.29) is 24.8 Å². The van der Waals surface area contributed by atoms with Gasteiger partial charge in [0, 0.05) is 30.1 Å². The maximum absolute atomic E-state index is 12.1. The summed E-state index contributed by atoms with van der Waals surface area (Å²) in [6.45, 7) is -0.0856. The van der Waals surface area contributed by atoms with Crippen molar-refractivity contribution in [1.82, 2.24) is 19.9 Å². The molecule has 3 aromatic rings. The molecule has 0 aliphatic heterocycles. The van der Waals surface area contributed by atoms with E-state index in [0.29, 0.717) is 16.7 Å². The van der Waals surface area contributed by atoms with Gasteiger partial charge < -0.3 is 15.4 Å². The number of rotatable bonds is 6. The average molecular weight is 405 g/mol. The van der Waals surface area contributed by atoms with Crippen LogP contribution in [0.1, 0.15) is 11.5 Å². The molecule has 8 nitrogen and oxygen atoms in total. The van der Waals surface area contributed by atoms with Crippen LogP contribution in [-0.4, -0.2) is 40.0 Å². The average Bonchev–Trinajstić information content (AvgIpc) is 3.08. The van der Waals surface area contributed by atoms with Gasteiger partial charge in [-0.1, -0.05) is 23.7 Å². The van der Waals surface area contributed by atoms with E-state index in [4.69, 9.17) is 22.1 Å². The fourth-order valence-electron chi connectivity index (χ4n) is 2.18. The van der Waals surface area contributed by atoms with Crippen LogP contribution in [0.3, 0.4) is 0 Å². The fourth-order valence-corrected chi connectivity index (χ4v) is 3.18. The summed E-state index contributed by atoms with van der Waals surface area (Å²) in [5, 5.41) is 3.25. The Morgan fingerprint density at radius 2 is 2.07 bits per heavy atom. The molecule has 0 spiro atoms. The van der Waals surface area contributed by atoms with Gasteiger partial charge in [0.25, 0.3) is 0 Å². The molecule has 0 radical (unpaired) electrons. The molecular weight excluding hydrogens is 388 g/mol. The molecule has 0 aliphatic carbocycles. The monoisotopic (exact) mass is 404 g/mol. The summed E-state index contributed by atoms with van der Waals surface area (Å²) in [5.74, 6) is 0.338. The number of nitrogen functional groups attached to an aromatic ring is 1. The van der Waals surface area contributed by atoms with Crippen molar-refractivity contribution in [2.24, 2.45) is 0 Å². The number of carbonyl (C=O) groups excluding carboxylic acids is 1. The molecule has 10 heteroatoms. The number of benzene rings is 1. The van der Waals surface area contributed by atoms with Gasteiger partial charge >= 0.3 is 5.97 Å². The minimum atomic E-state index is -0.427. The van der Waals surface area contributed by atoms with E-state index >= 15 is 0 Å². The predicted octanol–water partition coefficient (Wildman–Crippen LogP) is 2.58. The van der Waals surface area contributed by atoms with Crippen molar-refractivity contribution in [2.45, 2.75) is 13.0 Å². The summed E-state index contributed by atoms with van der Waals surface area (Å²) in [4.78, 5) is 30.4. The number of nitrogens with two attached hydrogens (primary N) is 1. The summed E-state index contributed by atoms with van der Waals surface area (Å²) in [6, 6.07) is 7.40. The van der Waals surface area contributed by atoms with E-state index in [9.17, 15) is 4.79 Å². The Balaban J connectivity index is 1.60. The van der Waals surface area contributed by atoms with E-state index in [2.05, 4.69) is 19.9 Å². The number of aromatic nitrogens is 4. The van der Waals surface area contributed by atoms with Gasteiger partial charge in [-0.3, -0.25) is 4.79 Å². The molecule has 0 saturated heterocycles. The van der Waals surface area contributed by atoms with Gasteiger partial charge in [-0.15, -0.1) is 11.3 Å². The second-order valence-electron chi connectivity index (χ2n) is 5.80. The molecule has 0 amide bonds. The fraction of sp³-hybridized carbons (Fsp3) is 0.235. The SMILES string of the molecule is CN(C)c1nc(N)nc(COC(=O)Cc2csc(-c3cccc(Cl)c3)n2)n1. The van der Waals surface area contributed by atoms with Crippen molar-refractivity contribution in [2.75, 3.05) is 24.7 Å². The summed E-state index contributed by atoms with van der Waals surface area (Å²) in [6.07, 6.45) is 0.0537. The molecule has 1 aromatic carbocycles. The quantitative estimate of drug-likeness (QED) is 0.624. The first-order valence-electron chi connectivity index (χ1n) is 7.94. The van der Waals surface area contributed by atoms with Gasteiger partial charge in [0.05, 0.1) is 12.1 Å². The Hall–Kier alpha value is -2.78. The molecule has 140 valence electrons. The van der Waals surface area contributed by atoms with Crippen LogP contribution in [-0.2, 0) is 22.6 Å². The minimum Gasteiger partial charge on any atom is -0.457 e. The Morgan fingerprint density at radius 3 is 2.81 bits per heavy atom. The standard InChI is InChI=1S/C17H17ClN6O2S/c1-24(2)17-22-13(21-16(19)23-17)8-26-14(25)7-12-9-27-15(20-12)10-4-3-5-11(18)6-10/h3-6,9H,7-8H2,1-2H3,(H2,19,21,22,23). The Labute approximate surface area is 165 Å². The Bertz CT molecular complexity index is 962. The zero-order valence-electron chi connectivity index (χ0n) is 14.7. The lowest BCUT2D eigenvalue weighted by atomic mass is 10.2. The lowest BCUT2D eigenvalue weighted by Crippen LogP contribution is -2.17. The van der Waals surface area contributed by atoms with Crippen molar-refractivity contribution >= 4 is 40.8 Å². The van der Waals surface area contributed by atoms with Crippen LogP contribution >= 0.6 is 22.9 Å². The number of nitrogens with zero attached hydrogens (tertiary/aromatic N) is 5. The van der Waals surface area contributed by atoms with Crippen LogP contribution in [0.5, 0.6) is 0 Å². The Kier molecular flexibility index (Phi) is 5.82. The molecule has 0 unspecified atom stereocenters. The van der Waals surface area contributed by atoms with Gasteiger partial charge in [-0.25, -0.2) is 4.98 Å². The van der Waals surface area contributed by atoms with Crippen LogP contribution in [0.4, 0.5) is 11.9 Å². The Morgan fingerprint density at radius 1 is 1.26 bits per heavy atom. The predicted molar refractivity (Wildman–Crippen MR) is 105 cm³/mol. The topological polar surface area (TPSA) is 107 Å². The van der Waals surface area contributed by atoms with Crippen LogP contribution in [0, 0.1) is 0 Å². The number of anilines is 2. The number of hydrogen-bond donors (Lipinski definition) is 1. The van der Waals surface area contributed by atoms with Gasteiger partial charge in [0.1, 0.15) is 5.01 Å². The number of esters is 1. The van der Waals surface area contributed by atoms with E-state index in [1.807, 2.05) is 23.6 Å². The molecule has 2 N–H and O–H groups in total. The first kappa shape index (κ1) is 19.0. The molecule has 0 bridgehead atoms. The second-order valence-corrected chi connectivity index (χ2v) is 7.09. The minimum absolute atomic E-state index is 0.0537. The third-order valence-corrected chi connectivity index (χ3v) is 4.57. The largest absolute Gasteiger partial charge is 0.457 e. The molecule has 0 saturated carbocycles. The van der Waals surface area contributed by atoms with E-state index in [1.54, 1.807) is 25.1 Å². The maximum atomic E-state index is 12.1. The molecule has 3 rings (SSSR count). The number of hydrogen-bond acceptors (Lipinski definition) is 9. The van der Waals surface area contributed by atoms with Crippen molar-refractivity contribution in [3.8, 4) is 10.6 Å². The van der Waals surface area contributed by atoms with Gasteiger partial charge in [0.15, 0.2) is 12.4 Å². The molecule has 0 atom stereocenters. The highest BCUT2D eigenvalue weighted by Crippen LogP contribution is 2.26. The zero-order chi connectivity index (χ0) is 19.4. The highest BCUT2D eigenvalue weighted by atomic mass is 35.5. The lowest BCUT2D eigenvalue weighted by molar-refractivity contribution is -0.144. The molecule has 27 heavy (non-hydrogen) atoms. The van der Waals surface area contributed by atoms with Crippen LogP contribution in [0.25, 0.3) is 10.6 Å². The zero-order valence-corrected chi connectivity index (χ0v) is 16.3. The first-order valence-corrected chi connectivity index (χ1v) is 9.20. The third kappa shape index (κ3) is 5.11. The first-order chi connectivity index (χ1) is 12.9. The second kappa shape index (κ2) is 8.28. The van der Waals surface area contributed by atoms with Crippen LogP contribution in [0.15, 0.2) is 29.6 Å². The molecule has 0 aliphatic rings. The van der Waals surface area contributed by atoms with Gasteiger partial charge in [-0.2, -0.15) is 15.0 Å². The molecular formula is C17H17ClN6O2S. The van der Waals surface area contributed by atoms with Gasteiger partial charge in [-0.05, 0) is 12.1 Å². The highest BCUT2D eigenvalue weighted by molar-refractivity contribution is 7.13. The van der Waals surface area contributed by atoms with E-state index in [1.165, 1.54) is 11.3 Å². The number of halogens is 1. The smallest absolute Gasteiger partial charge is 0.312 e. The molecule has 0 fully saturated rings. The van der Waals surface area contributed by atoms with Gasteiger partial charge in [0.2, 0.25) is 11.9 Å². The summed E-state index contributed by atoms with van der Waals surface area (Å²) in [7, 11) is 3.56. The lowest BCUT2D eigenvalue weighted by Gasteiger charge is -2.11. The summed E-state index contributed by atoms with van der Waals surface area (Å²) < 4.78 is 5.23. The third-order valence-electron chi connectivity index (χ3n) is 3.40. The van der Waals surface area contributed by atoms with Crippen molar-refractivity contribution < 1.29 is 9.53 Å². The van der Waals surface area contributed by atoms with E-state index < -0.39 is 5.97 Å². The molecule has 2 aromatic heterocycles. The van der Waals surface area contributed by atoms with Crippen molar-refractivity contribution in [1.29, 1.82) is 0 Å². The summed E-state index contributed by atoms with van der Waals surface area (Å²) in [5.41, 5.74) is 7.18. The van der Waals surface area contributed by atoms with Crippen LogP contribution in [0.2, 0.25) is 5.02 Å². The number of carbonyl (C=O) groups is 1. The normalized spacial score (nSPS) is 10.6.